The number of hydrogen-bond donors (Lipinski definition) is 1. The van der Waals surface area contributed by atoms with Gasteiger partial charge >= 0.3 is 6.61 Å². The molecule has 1 aliphatic heterocycles. The number of pyridine rings is 1. The number of para-hydroxylation sites is 1. The van der Waals surface area contributed by atoms with Gasteiger partial charge in [0.15, 0.2) is 0 Å². The van der Waals surface area contributed by atoms with Crippen LogP contribution in [0.2, 0.25) is 0 Å². The molecule has 1 saturated heterocycles. The summed E-state index contributed by atoms with van der Waals surface area (Å²) in [5.41, 5.74) is 1.71. The number of nitrogens with zero attached hydrogens (tertiary/aromatic N) is 2. The molecule has 164 valence electrons. The van der Waals surface area contributed by atoms with Crippen LogP contribution in [0.25, 0.3) is 0 Å². The molecule has 3 aromatic rings. The Morgan fingerprint density at radius 3 is 2.52 bits per heavy atom. The monoisotopic (exact) mass is 446 g/mol. The highest BCUT2D eigenvalue weighted by Crippen LogP contribution is 2.46. The molecule has 1 N–H and O–H groups in total. The lowest BCUT2D eigenvalue weighted by Crippen LogP contribution is -2.10. The second kappa shape index (κ2) is 10.3. The van der Waals surface area contributed by atoms with Crippen LogP contribution in [0.15, 0.2) is 55.0 Å². The number of aliphatic hydroxyl groups is 1. The minimum Gasteiger partial charge on any atom is -0.435 e. The molecule has 1 aromatic carbocycles. The number of epoxide rings is 1. The predicted octanol–water partition coefficient (Wildman–Crippen LogP) is 4.60. The summed E-state index contributed by atoms with van der Waals surface area (Å²) in [7, 11) is 0. The third kappa shape index (κ3) is 6.29. The lowest BCUT2D eigenvalue weighted by Gasteiger charge is -2.19. The molecule has 2 aromatic heterocycles. The van der Waals surface area contributed by atoms with Crippen LogP contribution >= 0.6 is 11.3 Å². The van der Waals surface area contributed by atoms with E-state index < -0.39 is 6.61 Å². The maximum absolute atomic E-state index is 12.9. The van der Waals surface area contributed by atoms with Crippen molar-refractivity contribution in [1.29, 1.82) is 0 Å². The molecule has 2 fully saturated rings. The van der Waals surface area contributed by atoms with E-state index in [1.54, 1.807) is 48.1 Å². The maximum Gasteiger partial charge on any atom is 0.387 e. The number of rotatable bonds is 9. The fraction of sp³-hybridized carbons (Fsp3) is 0.391. The van der Waals surface area contributed by atoms with Gasteiger partial charge in [-0.1, -0.05) is 18.2 Å². The highest BCUT2D eigenvalue weighted by atomic mass is 32.1. The van der Waals surface area contributed by atoms with E-state index in [4.69, 9.17) is 14.6 Å². The molecule has 0 spiro atoms. The van der Waals surface area contributed by atoms with Crippen LogP contribution in [0.3, 0.4) is 0 Å². The molecule has 5 rings (SSSR count). The van der Waals surface area contributed by atoms with Gasteiger partial charge in [0.2, 0.25) is 0 Å². The third-order valence-electron chi connectivity index (χ3n) is 5.10. The van der Waals surface area contributed by atoms with Crippen LogP contribution in [-0.2, 0) is 17.6 Å². The number of halogens is 2. The van der Waals surface area contributed by atoms with E-state index in [1.165, 1.54) is 6.42 Å². The van der Waals surface area contributed by atoms with Gasteiger partial charge in [0, 0.05) is 48.0 Å². The number of benzene rings is 1. The number of ether oxygens (including phenoxy) is 2. The van der Waals surface area contributed by atoms with Crippen LogP contribution in [0, 0.1) is 0 Å². The first kappa shape index (κ1) is 21.8. The van der Waals surface area contributed by atoms with Crippen LogP contribution in [0.1, 0.15) is 39.8 Å². The quantitative estimate of drug-likeness (QED) is 0.487. The van der Waals surface area contributed by atoms with Crippen LogP contribution in [-0.4, -0.2) is 40.5 Å². The Kier molecular flexibility index (Phi) is 7.21. The van der Waals surface area contributed by atoms with Crippen molar-refractivity contribution in [3.63, 3.8) is 0 Å². The number of aryl methyl sites for hydroxylation is 1. The van der Waals surface area contributed by atoms with Gasteiger partial charge in [-0.25, -0.2) is 4.98 Å². The SMILES string of the molecule is C1C2OC12.OCCCc1cnc(C(Cc2ccncc2)c2ccccc2OC(F)F)s1. The van der Waals surface area contributed by atoms with E-state index in [-0.39, 0.29) is 18.3 Å². The summed E-state index contributed by atoms with van der Waals surface area (Å²) in [5, 5.41) is 9.87. The number of aromatic nitrogens is 2. The Balaban J connectivity index is 0.000000506. The van der Waals surface area contributed by atoms with Crippen molar-refractivity contribution in [2.45, 2.75) is 50.4 Å². The second-order valence-electron chi connectivity index (χ2n) is 7.47. The van der Waals surface area contributed by atoms with E-state index in [0.29, 0.717) is 18.4 Å². The van der Waals surface area contributed by atoms with Crippen molar-refractivity contribution >= 4 is 11.3 Å². The zero-order valence-electron chi connectivity index (χ0n) is 16.9. The minimum absolute atomic E-state index is 0.124. The summed E-state index contributed by atoms with van der Waals surface area (Å²) in [5.74, 6) is -0.0473. The van der Waals surface area contributed by atoms with Gasteiger partial charge in [-0.3, -0.25) is 4.98 Å². The van der Waals surface area contributed by atoms with Gasteiger partial charge in [-0.15, -0.1) is 11.3 Å². The fourth-order valence-electron chi connectivity index (χ4n) is 3.23. The summed E-state index contributed by atoms with van der Waals surface area (Å²) < 4.78 is 35.3. The Labute approximate surface area is 183 Å². The highest BCUT2D eigenvalue weighted by Gasteiger charge is 2.56. The first-order valence-corrected chi connectivity index (χ1v) is 11.1. The van der Waals surface area contributed by atoms with E-state index in [9.17, 15) is 8.78 Å². The van der Waals surface area contributed by atoms with Crippen LogP contribution in [0.4, 0.5) is 8.78 Å². The molecular formula is C23H24F2N2O3S. The number of thiazole rings is 1. The summed E-state index contributed by atoms with van der Waals surface area (Å²) in [6.07, 6.45) is 10.1. The van der Waals surface area contributed by atoms with Crippen molar-refractivity contribution in [3.05, 3.63) is 76.0 Å². The molecule has 1 saturated carbocycles. The summed E-state index contributed by atoms with van der Waals surface area (Å²) in [6.45, 7) is -2.76. The molecule has 31 heavy (non-hydrogen) atoms. The minimum atomic E-state index is -2.89. The van der Waals surface area contributed by atoms with E-state index >= 15 is 0 Å². The average Bonchev–Trinajstić information content (AvgIpc) is 3.65. The van der Waals surface area contributed by atoms with Gasteiger partial charge in [0.1, 0.15) is 10.8 Å². The van der Waals surface area contributed by atoms with E-state index in [1.807, 2.05) is 18.2 Å². The van der Waals surface area contributed by atoms with Crippen molar-refractivity contribution in [2.75, 3.05) is 6.61 Å². The van der Waals surface area contributed by atoms with Crippen LogP contribution in [0.5, 0.6) is 5.75 Å². The molecule has 3 atom stereocenters. The first-order chi connectivity index (χ1) is 15.1. The summed E-state index contributed by atoms with van der Waals surface area (Å²) >= 11 is 1.54. The summed E-state index contributed by atoms with van der Waals surface area (Å²) in [6, 6.07) is 10.7. The van der Waals surface area contributed by atoms with Gasteiger partial charge in [0.25, 0.3) is 0 Å². The number of fused-ring (bicyclic) bond motifs is 1. The van der Waals surface area contributed by atoms with Crippen LogP contribution < -0.4 is 4.74 Å². The van der Waals surface area contributed by atoms with E-state index in [0.717, 1.165) is 34.1 Å². The first-order valence-electron chi connectivity index (χ1n) is 10.3. The molecule has 2 aliphatic rings. The summed E-state index contributed by atoms with van der Waals surface area (Å²) in [4.78, 5) is 9.63. The Morgan fingerprint density at radius 1 is 1.16 bits per heavy atom. The topological polar surface area (TPSA) is 67.8 Å². The number of hydrogen-bond acceptors (Lipinski definition) is 6. The molecule has 3 heterocycles. The smallest absolute Gasteiger partial charge is 0.387 e. The molecule has 1 aliphatic carbocycles. The van der Waals surface area contributed by atoms with E-state index in [2.05, 4.69) is 9.97 Å². The fourth-order valence-corrected chi connectivity index (χ4v) is 4.31. The lowest BCUT2D eigenvalue weighted by molar-refractivity contribution is -0.0505. The molecular weight excluding hydrogens is 422 g/mol. The standard InChI is InChI=1S/C20H20F2N2O2S.C3H4O/c21-20(22)26-18-6-2-1-5-16(18)17(12-14-7-9-23-10-8-14)19-24-13-15(27-19)4-3-11-25;1-2-3(1)4-2/h1-2,5-10,13,17,20,25H,3-4,11-12H2;2-3H,1H2. The van der Waals surface area contributed by atoms with Crippen molar-refractivity contribution in [2.24, 2.45) is 0 Å². The molecule has 0 amide bonds. The second-order valence-corrected chi connectivity index (χ2v) is 8.62. The Hall–Kier alpha value is -2.42. The molecule has 8 heteroatoms. The van der Waals surface area contributed by atoms with Gasteiger partial charge in [0.05, 0.1) is 12.2 Å². The zero-order valence-corrected chi connectivity index (χ0v) is 17.7. The zero-order chi connectivity index (χ0) is 21.6. The van der Waals surface area contributed by atoms with Crippen molar-refractivity contribution in [1.82, 2.24) is 9.97 Å². The molecule has 3 unspecified atom stereocenters. The maximum atomic E-state index is 12.9. The number of alkyl halides is 2. The van der Waals surface area contributed by atoms with Gasteiger partial charge in [-0.05, 0) is 43.0 Å². The van der Waals surface area contributed by atoms with Crippen molar-refractivity contribution < 1.29 is 23.4 Å². The highest BCUT2D eigenvalue weighted by molar-refractivity contribution is 7.11. The number of aliphatic hydroxyl groups excluding tert-OH is 1. The molecule has 0 radical (unpaired) electrons. The van der Waals surface area contributed by atoms with Gasteiger partial charge < -0.3 is 14.6 Å². The van der Waals surface area contributed by atoms with Gasteiger partial charge in [-0.2, -0.15) is 8.78 Å². The average molecular weight is 447 g/mol. The lowest BCUT2D eigenvalue weighted by atomic mass is 9.92. The third-order valence-corrected chi connectivity index (χ3v) is 6.27. The molecule has 5 nitrogen and oxygen atoms in total. The van der Waals surface area contributed by atoms with Crippen molar-refractivity contribution in [3.8, 4) is 5.75 Å². The normalized spacial score (nSPS) is 19.2. The Morgan fingerprint density at radius 2 is 1.87 bits per heavy atom. The molecule has 0 bridgehead atoms. The Bertz CT molecular complexity index is 958. The predicted molar refractivity (Wildman–Crippen MR) is 114 cm³/mol. The largest absolute Gasteiger partial charge is 0.435 e.